The number of carbonyl (C=O) groups excluding carboxylic acids is 2. The second kappa shape index (κ2) is 17.8. The molecule has 0 aromatic heterocycles. The second-order valence-electron chi connectivity index (χ2n) is 9.56. The fourth-order valence-electron chi connectivity index (χ4n) is 3.06. The van der Waals surface area contributed by atoms with Crippen molar-refractivity contribution in [2.75, 3.05) is 33.7 Å². The van der Waals surface area contributed by atoms with E-state index in [1.165, 1.54) is 19.5 Å². The Morgan fingerprint density at radius 3 is 2.29 bits per heavy atom. The topological polar surface area (TPSA) is 73.8 Å². The maximum Gasteiger partial charge on any atom is 0.270 e. The number of unbranched alkanes of at least 4 members (excludes halogenated alkanes) is 1. The molecule has 0 bridgehead atoms. The van der Waals surface area contributed by atoms with Crippen LogP contribution in [-0.4, -0.2) is 56.2 Å². The first kappa shape index (κ1) is 32.5. The number of hydrogen-bond donors (Lipinski definition) is 2. The maximum absolute atomic E-state index is 14.4. The van der Waals surface area contributed by atoms with Gasteiger partial charge in [0.15, 0.2) is 0 Å². The summed E-state index contributed by atoms with van der Waals surface area (Å²) in [5.74, 6) is -0.211. The molecule has 35 heavy (non-hydrogen) atoms. The number of benzene rings is 1. The van der Waals surface area contributed by atoms with Gasteiger partial charge in [-0.3, -0.25) is 9.59 Å². The van der Waals surface area contributed by atoms with Crippen LogP contribution in [0, 0.1) is 18.7 Å². The minimum Gasteiger partial charge on any atom is -0.358 e. The molecule has 0 saturated carbocycles. The Hall–Kier alpha value is -2.54. The second-order valence-corrected chi connectivity index (χ2v) is 9.56. The number of nitrogens with one attached hydrogen (secondary N) is 2. The van der Waals surface area contributed by atoms with Gasteiger partial charge in [-0.25, -0.2) is 9.38 Å². The van der Waals surface area contributed by atoms with Crippen LogP contribution < -0.4 is 10.6 Å². The normalized spacial score (nSPS) is 12.5. The van der Waals surface area contributed by atoms with Crippen molar-refractivity contribution in [2.24, 2.45) is 10.9 Å². The minimum atomic E-state index is -0.412. The maximum atomic E-state index is 14.4. The van der Waals surface area contributed by atoms with E-state index < -0.39 is 5.91 Å². The van der Waals surface area contributed by atoms with Crippen molar-refractivity contribution in [1.29, 1.82) is 0 Å². The van der Waals surface area contributed by atoms with Crippen molar-refractivity contribution in [2.45, 2.75) is 74.1 Å². The zero-order valence-corrected chi connectivity index (χ0v) is 23.3. The van der Waals surface area contributed by atoms with E-state index in [4.69, 9.17) is 0 Å². The highest BCUT2D eigenvalue weighted by atomic mass is 19.1. The summed E-state index contributed by atoms with van der Waals surface area (Å²) in [6.07, 6.45) is 3.81. The average Bonchev–Trinajstić information content (AvgIpc) is 3.19. The molecule has 0 radical (unpaired) electrons. The molecule has 2 N–H and O–H groups in total. The SMILES string of the molecule is CC(C)C.CCC.CCCCN(C)CC1=C(C(=O)NCC(=O)NC)N=C(c2ccc(C)cc2F)C1. The van der Waals surface area contributed by atoms with Gasteiger partial charge in [-0.05, 0) is 56.1 Å². The Morgan fingerprint density at radius 1 is 1.17 bits per heavy atom. The van der Waals surface area contributed by atoms with Gasteiger partial charge in [0.05, 0.1) is 12.3 Å². The van der Waals surface area contributed by atoms with Crippen molar-refractivity contribution < 1.29 is 14.0 Å². The molecule has 7 heteroatoms. The number of aryl methyl sites for hydroxylation is 1. The smallest absolute Gasteiger partial charge is 0.270 e. The first-order chi connectivity index (χ1) is 16.5. The lowest BCUT2D eigenvalue weighted by atomic mass is 10.0. The van der Waals surface area contributed by atoms with Crippen LogP contribution in [0.15, 0.2) is 34.5 Å². The minimum absolute atomic E-state index is 0.123. The molecule has 0 fully saturated rings. The number of hydrogen-bond acceptors (Lipinski definition) is 4. The van der Waals surface area contributed by atoms with Crippen LogP contribution in [-0.2, 0) is 9.59 Å². The van der Waals surface area contributed by atoms with Crippen LogP contribution in [0.5, 0.6) is 0 Å². The molecule has 0 unspecified atom stereocenters. The lowest BCUT2D eigenvalue weighted by Gasteiger charge is -2.17. The Kier molecular flexibility index (Phi) is 16.5. The molecule has 1 aromatic carbocycles. The van der Waals surface area contributed by atoms with Crippen molar-refractivity contribution in [3.05, 3.63) is 46.4 Å². The summed E-state index contributed by atoms with van der Waals surface area (Å²) >= 11 is 0. The average molecular weight is 491 g/mol. The fourth-order valence-corrected chi connectivity index (χ4v) is 3.06. The van der Waals surface area contributed by atoms with Gasteiger partial charge < -0.3 is 15.5 Å². The van der Waals surface area contributed by atoms with Crippen molar-refractivity contribution >= 4 is 17.5 Å². The first-order valence-corrected chi connectivity index (χ1v) is 12.7. The molecule has 0 atom stereocenters. The molecular weight excluding hydrogens is 443 g/mol. The summed E-state index contributed by atoms with van der Waals surface area (Å²) < 4.78 is 14.4. The number of aliphatic imine (C=N–C) groups is 1. The quantitative estimate of drug-likeness (QED) is 0.496. The summed E-state index contributed by atoms with van der Waals surface area (Å²) in [6.45, 7) is 16.1. The lowest BCUT2D eigenvalue weighted by molar-refractivity contribution is -0.124. The van der Waals surface area contributed by atoms with Crippen LogP contribution in [0.3, 0.4) is 0 Å². The monoisotopic (exact) mass is 490 g/mol. The van der Waals surface area contributed by atoms with E-state index >= 15 is 0 Å². The third-order valence-electron chi connectivity index (χ3n) is 4.66. The van der Waals surface area contributed by atoms with E-state index in [-0.39, 0.29) is 24.0 Å². The molecule has 0 aliphatic carbocycles. The third-order valence-corrected chi connectivity index (χ3v) is 4.66. The van der Waals surface area contributed by atoms with E-state index in [9.17, 15) is 14.0 Å². The summed E-state index contributed by atoms with van der Waals surface area (Å²) in [6, 6.07) is 5.00. The van der Waals surface area contributed by atoms with E-state index in [1.807, 2.05) is 20.0 Å². The summed E-state index contributed by atoms with van der Waals surface area (Å²) in [4.78, 5) is 30.6. The van der Waals surface area contributed by atoms with Crippen LogP contribution in [0.4, 0.5) is 4.39 Å². The van der Waals surface area contributed by atoms with Crippen LogP contribution >= 0.6 is 0 Å². The predicted octanol–water partition coefficient (Wildman–Crippen LogP) is 5.25. The number of carbonyl (C=O) groups is 2. The number of halogens is 1. The molecule has 0 saturated heterocycles. The summed E-state index contributed by atoms with van der Waals surface area (Å²) in [7, 11) is 3.50. The van der Waals surface area contributed by atoms with Crippen molar-refractivity contribution in [1.82, 2.24) is 15.5 Å². The highest BCUT2D eigenvalue weighted by Gasteiger charge is 2.26. The van der Waals surface area contributed by atoms with Gasteiger partial charge in [0, 0.05) is 25.6 Å². The third kappa shape index (κ3) is 13.2. The van der Waals surface area contributed by atoms with Crippen LogP contribution in [0.2, 0.25) is 0 Å². The Bertz CT molecular complexity index is 860. The van der Waals surface area contributed by atoms with Crippen molar-refractivity contribution in [3.8, 4) is 0 Å². The predicted molar refractivity (Wildman–Crippen MR) is 145 cm³/mol. The van der Waals surface area contributed by atoms with Gasteiger partial charge in [-0.15, -0.1) is 0 Å². The molecule has 1 aromatic rings. The van der Waals surface area contributed by atoms with E-state index in [1.54, 1.807) is 6.07 Å². The molecule has 1 heterocycles. The molecule has 2 rings (SSSR count). The number of likely N-dealkylation sites (N-methyl/N-ethyl adjacent to an activating group) is 2. The zero-order valence-electron chi connectivity index (χ0n) is 23.3. The van der Waals surface area contributed by atoms with Gasteiger partial charge in [-0.1, -0.05) is 60.5 Å². The number of nitrogens with zero attached hydrogens (tertiary/aromatic N) is 2. The molecule has 0 spiro atoms. The molecule has 2 amide bonds. The van der Waals surface area contributed by atoms with Gasteiger partial charge in [0.2, 0.25) is 5.91 Å². The van der Waals surface area contributed by atoms with Gasteiger partial charge in [0.25, 0.3) is 5.91 Å². The zero-order chi connectivity index (χ0) is 27.0. The standard InChI is InChI=1S/C21H29FN4O2.C4H10.C3H8/c1-5-6-9-26(4)13-15-11-18(16-8-7-14(2)10-17(16)22)25-20(15)21(28)24-12-19(27)23-3;1-4(2)3;1-3-2/h7-8,10H,5-6,9,11-13H2,1-4H3,(H,23,27)(H,24,28);4H,1-3H3;3H2,1-2H3. The van der Waals surface area contributed by atoms with E-state index in [0.717, 1.165) is 36.4 Å². The summed E-state index contributed by atoms with van der Waals surface area (Å²) in [5, 5.41) is 5.05. The molecule has 198 valence electrons. The van der Waals surface area contributed by atoms with E-state index in [0.29, 0.717) is 24.2 Å². The highest BCUT2D eigenvalue weighted by molar-refractivity contribution is 6.10. The number of amides is 2. The van der Waals surface area contributed by atoms with Crippen LogP contribution in [0.25, 0.3) is 0 Å². The molecule has 6 nitrogen and oxygen atoms in total. The van der Waals surface area contributed by atoms with Gasteiger partial charge >= 0.3 is 0 Å². The van der Waals surface area contributed by atoms with Gasteiger partial charge in [0.1, 0.15) is 11.5 Å². The lowest BCUT2D eigenvalue weighted by Crippen LogP contribution is -2.36. The van der Waals surface area contributed by atoms with Crippen molar-refractivity contribution in [3.63, 3.8) is 0 Å². The van der Waals surface area contributed by atoms with Crippen LogP contribution in [0.1, 0.15) is 78.4 Å². The molecule has 1 aliphatic heterocycles. The summed E-state index contributed by atoms with van der Waals surface area (Å²) in [5.41, 5.74) is 2.90. The molecular formula is C28H47FN4O2. The Balaban J connectivity index is 0.00000146. The Labute approximate surface area is 212 Å². The number of rotatable bonds is 9. The Morgan fingerprint density at radius 2 is 1.77 bits per heavy atom. The first-order valence-electron chi connectivity index (χ1n) is 12.7. The van der Waals surface area contributed by atoms with E-state index in [2.05, 4.69) is 62.1 Å². The van der Waals surface area contributed by atoms with Gasteiger partial charge in [-0.2, -0.15) is 0 Å². The molecule has 1 aliphatic rings. The highest BCUT2D eigenvalue weighted by Crippen LogP contribution is 2.26. The largest absolute Gasteiger partial charge is 0.358 e. The fraction of sp³-hybridized carbons (Fsp3) is 0.607.